The number of nitrogens with zero attached hydrogens (tertiary/aromatic N) is 1. The minimum atomic E-state index is -0.473. The summed E-state index contributed by atoms with van der Waals surface area (Å²) in [5, 5.41) is 12.5. The Kier molecular flexibility index (Phi) is 4.73. The van der Waals surface area contributed by atoms with Crippen molar-refractivity contribution >= 4 is 23.6 Å². The molecule has 19 heavy (non-hydrogen) atoms. The number of carbonyl (C=O) groups excluding carboxylic acids is 2. The van der Waals surface area contributed by atoms with Crippen molar-refractivity contribution in [1.29, 1.82) is 0 Å². The summed E-state index contributed by atoms with van der Waals surface area (Å²) in [7, 11) is 0. The second-order valence-electron chi connectivity index (χ2n) is 5.74. The molecule has 1 saturated heterocycles. The van der Waals surface area contributed by atoms with Gasteiger partial charge in [-0.1, -0.05) is 6.92 Å². The predicted molar refractivity (Wildman–Crippen MR) is 74.6 cm³/mol. The maximum atomic E-state index is 12.0. The van der Waals surface area contributed by atoms with Crippen LogP contribution in [0, 0.1) is 5.92 Å². The van der Waals surface area contributed by atoms with Gasteiger partial charge in [0.25, 0.3) is 0 Å². The van der Waals surface area contributed by atoms with E-state index >= 15 is 0 Å². The van der Waals surface area contributed by atoms with Crippen molar-refractivity contribution in [3.8, 4) is 0 Å². The van der Waals surface area contributed by atoms with Gasteiger partial charge in [0.1, 0.15) is 6.54 Å². The van der Waals surface area contributed by atoms with E-state index in [4.69, 9.17) is 0 Å². The Hall–Kier alpha value is -0.750. The van der Waals surface area contributed by atoms with Crippen molar-refractivity contribution < 1.29 is 14.7 Å². The van der Waals surface area contributed by atoms with E-state index in [1.807, 2.05) is 0 Å². The average molecular weight is 286 g/mol. The maximum Gasteiger partial charge on any atom is 0.240 e. The quantitative estimate of drug-likeness (QED) is 0.793. The van der Waals surface area contributed by atoms with Gasteiger partial charge < -0.3 is 15.3 Å². The number of thioether (sulfide) groups is 1. The number of aliphatic hydroxyl groups is 1. The van der Waals surface area contributed by atoms with E-state index in [2.05, 4.69) is 12.2 Å². The Morgan fingerprint density at radius 3 is 2.74 bits per heavy atom. The molecule has 5 nitrogen and oxygen atoms in total. The smallest absolute Gasteiger partial charge is 0.240 e. The van der Waals surface area contributed by atoms with Gasteiger partial charge in [-0.3, -0.25) is 9.59 Å². The molecule has 0 atom stereocenters. The minimum Gasteiger partial charge on any atom is -0.394 e. The van der Waals surface area contributed by atoms with E-state index < -0.39 is 5.54 Å². The highest BCUT2D eigenvalue weighted by molar-refractivity contribution is 8.00. The van der Waals surface area contributed by atoms with Gasteiger partial charge in [0, 0.05) is 0 Å². The Morgan fingerprint density at radius 2 is 2.21 bits per heavy atom. The molecular formula is C13H22N2O3S. The second-order valence-corrected chi connectivity index (χ2v) is 6.69. The number of amides is 2. The first-order chi connectivity index (χ1) is 9.04. The highest BCUT2D eigenvalue weighted by Crippen LogP contribution is 2.31. The average Bonchev–Trinajstić information content (AvgIpc) is 2.78. The van der Waals surface area contributed by atoms with Crippen LogP contribution in [0.15, 0.2) is 0 Å². The Morgan fingerprint density at radius 1 is 1.53 bits per heavy atom. The molecule has 1 heterocycles. The highest BCUT2D eigenvalue weighted by atomic mass is 32.2. The lowest BCUT2D eigenvalue weighted by Crippen LogP contribution is -2.55. The van der Waals surface area contributed by atoms with E-state index in [-0.39, 0.29) is 25.0 Å². The summed E-state index contributed by atoms with van der Waals surface area (Å²) in [6.07, 6.45) is 3.69. The molecule has 0 aromatic rings. The molecule has 2 aliphatic rings. The van der Waals surface area contributed by atoms with Gasteiger partial charge in [-0.15, -0.1) is 11.8 Å². The van der Waals surface area contributed by atoms with Gasteiger partial charge in [0.15, 0.2) is 0 Å². The van der Waals surface area contributed by atoms with E-state index in [0.29, 0.717) is 17.5 Å². The zero-order valence-corrected chi connectivity index (χ0v) is 12.2. The number of nitrogens with one attached hydrogen (secondary N) is 1. The lowest BCUT2D eigenvalue weighted by atomic mass is 9.77. The Bertz CT molecular complexity index is 354. The molecule has 0 aromatic heterocycles. The predicted octanol–water partition coefficient (Wildman–Crippen LogP) is 0.577. The van der Waals surface area contributed by atoms with Gasteiger partial charge in [-0.25, -0.2) is 0 Å². The van der Waals surface area contributed by atoms with Crippen molar-refractivity contribution in [1.82, 2.24) is 10.2 Å². The van der Waals surface area contributed by atoms with Crippen molar-refractivity contribution in [3.05, 3.63) is 0 Å². The lowest BCUT2D eigenvalue weighted by molar-refractivity contribution is -0.133. The SMILES string of the molecule is CC1CCC(CO)(NC(=O)CN2CSCC2=O)CC1. The van der Waals surface area contributed by atoms with E-state index in [0.717, 1.165) is 25.7 Å². The summed E-state index contributed by atoms with van der Waals surface area (Å²) in [4.78, 5) is 25.1. The van der Waals surface area contributed by atoms with Crippen LogP contribution in [0.3, 0.4) is 0 Å². The fourth-order valence-corrected chi connectivity index (χ4v) is 3.59. The maximum absolute atomic E-state index is 12.0. The van der Waals surface area contributed by atoms with Gasteiger partial charge in [0.2, 0.25) is 11.8 Å². The van der Waals surface area contributed by atoms with Crippen LogP contribution in [0.2, 0.25) is 0 Å². The molecule has 0 unspecified atom stereocenters. The normalized spacial score (nSPS) is 31.6. The van der Waals surface area contributed by atoms with Gasteiger partial charge in [0.05, 0.1) is 23.8 Å². The van der Waals surface area contributed by atoms with Crippen LogP contribution < -0.4 is 5.32 Å². The van der Waals surface area contributed by atoms with Crippen LogP contribution in [-0.2, 0) is 9.59 Å². The van der Waals surface area contributed by atoms with Crippen LogP contribution in [0.25, 0.3) is 0 Å². The number of hydrogen-bond acceptors (Lipinski definition) is 4. The van der Waals surface area contributed by atoms with Crippen molar-refractivity contribution in [2.75, 3.05) is 24.8 Å². The molecule has 0 spiro atoms. The third-order valence-electron chi connectivity index (χ3n) is 4.10. The second kappa shape index (κ2) is 6.13. The minimum absolute atomic E-state index is 0.0197. The first-order valence-corrected chi connectivity index (χ1v) is 7.97. The Balaban J connectivity index is 1.87. The van der Waals surface area contributed by atoms with Gasteiger partial charge in [-0.05, 0) is 31.6 Å². The molecule has 0 radical (unpaired) electrons. The van der Waals surface area contributed by atoms with Crippen LogP contribution >= 0.6 is 11.8 Å². The van der Waals surface area contributed by atoms with E-state index in [1.54, 1.807) is 4.90 Å². The number of rotatable bonds is 4. The summed E-state index contributed by atoms with van der Waals surface area (Å²) >= 11 is 1.53. The first kappa shape index (κ1) is 14.7. The van der Waals surface area contributed by atoms with E-state index in [1.165, 1.54) is 11.8 Å². The van der Waals surface area contributed by atoms with Gasteiger partial charge >= 0.3 is 0 Å². The summed E-state index contributed by atoms with van der Waals surface area (Å²) in [6, 6.07) is 0. The molecular weight excluding hydrogens is 264 g/mol. The molecule has 2 amide bonds. The number of carbonyl (C=O) groups is 2. The van der Waals surface area contributed by atoms with Gasteiger partial charge in [-0.2, -0.15) is 0 Å². The molecule has 0 bridgehead atoms. The largest absolute Gasteiger partial charge is 0.394 e. The van der Waals surface area contributed by atoms with Crippen LogP contribution in [0.4, 0.5) is 0 Å². The molecule has 1 aliphatic heterocycles. The summed E-state index contributed by atoms with van der Waals surface area (Å²) in [5.74, 6) is 1.59. The number of hydrogen-bond donors (Lipinski definition) is 2. The molecule has 0 aromatic carbocycles. The number of aliphatic hydroxyl groups excluding tert-OH is 1. The van der Waals surface area contributed by atoms with Crippen molar-refractivity contribution in [3.63, 3.8) is 0 Å². The van der Waals surface area contributed by atoms with Crippen molar-refractivity contribution in [2.24, 2.45) is 5.92 Å². The Labute approximate surface area is 118 Å². The third kappa shape index (κ3) is 3.63. The molecule has 2 N–H and O–H groups in total. The molecule has 2 fully saturated rings. The molecule has 108 valence electrons. The lowest BCUT2D eigenvalue weighted by Gasteiger charge is -2.39. The van der Waals surface area contributed by atoms with Crippen LogP contribution in [0.1, 0.15) is 32.6 Å². The van der Waals surface area contributed by atoms with Crippen molar-refractivity contribution in [2.45, 2.75) is 38.1 Å². The van der Waals surface area contributed by atoms with Crippen LogP contribution in [0.5, 0.6) is 0 Å². The van der Waals surface area contributed by atoms with E-state index in [9.17, 15) is 14.7 Å². The zero-order chi connectivity index (χ0) is 13.9. The molecule has 6 heteroatoms. The summed E-state index contributed by atoms with van der Waals surface area (Å²) < 4.78 is 0. The third-order valence-corrected chi connectivity index (χ3v) is 5.04. The summed E-state index contributed by atoms with van der Waals surface area (Å²) in [5.41, 5.74) is -0.473. The summed E-state index contributed by atoms with van der Waals surface area (Å²) in [6.45, 7) is 2.29. The zero-order valence-electron chi connectivity index (χ0n) is 11.4. The standard InChI is InChI=1S/C13H22N2O3S/c1-10-2-4-13(8-16,5-3-10)14-11(17)6-15-9-19-7-12(15)18/h10,16H,2-9H2,1H3,(H,14,17). The first-order valence-electron chi connectivity index (χ1n) is 6.82. The molecule has 1 aliphatic carbocycles. The van der Waals surface area contributed by atoms with Crippen LogP contribution in [-0.4, -0.2) is 52.1 Å². The monoisotopic (exact) mass is 286 g/mol. The fourth-order valence-electron chi connectivity index (χ4n) is 2.69. The fraction of sp³-hybridized carbons (Fsp3) is 0.846. The molecule has 1 saturated carbocycles. The molecule has 2 rings (SSSR count). The topological polar surface area (TPSA) is 69.6 Å². The highest BCUT2D eigenvalue weighted by Gasteiger charge is 2.35.